The lowest BCUT2D eigenvalue weighted by Gasteiger charge is -2.29. The van der Waals surface area contributed by atoms with Crippen LogP contribution in [0, 0.1) is 11.6 Å². The van der Waals surface area contributed by atoms with Crippen molar-refractivity contribution in [1.82, 2.24) is 15.6 Å². The summed E-state index contributed by atoms with van der Waals surface area (Å²) >= 11 is 0. The van der Waals surface area contributed by atoms with Crippen LogP contribution in [0.5, 0.6) is 11.6 Å². The molecule has 1 aromatic heterocycles. The Labute approximate surface area is 183 Å². The predicted octanol–water partition coefficient (Wildman–Crippen LogP) is 3.17. The van der Waals surface area contributed by atoms with Crippen LogP contribution in [0.3, 0.4) is 0 Å². The van der Waals surface area contributed by atoms with Crippen molar-refractivity contribution in [3.8, 4) is 11.6 Å². The lowest BCUT2D eigenvalue weighted by Crippen LogP contribution is -2.44. The number of aliphatic carboxylic acids is 1. The first-order valence-electron chi connectivity index (χ1n) is 10.2. The predicted molar refractivity (Wildman–Crippen MR) is 109 cm³/mol. The highest BCUT2D eigenvalue weighted by atomic mass is 19.1. The Hall–Kier alpha value is -3.56. The molecule has 32 heavy (non-hydrogen) atoms. The highest BCUT2D eigenvalue weighted by Crippen LogP contribution is 2.25. The molecule has 8 nitrogen and oxygen atoms in total. The number of pyridine rings is 1. The number of ether oxygens (including phenoxy) is 1. The van der Waals surface area contributed by atoms with Crippen LogP contribution in [-0.2, 0) is 9.59 Å². The molecule has 2 amide bonds. The zero-order chi connectivity index (χ0) is 23.1. The molecule has 0 radical (unpaired) electrons. The summed E-state index contributed by atoms with van der Waals surface area (Å²) in [5.74, 6) is -2.89. The van der Waals surface area contributed by atoms with E-state index in [0.717, 1.165) is 12.3 Å². The fourth-order valence-electron chi connectivity index (χ4n) is 3.45. The molecule has 2 aromatic rings. The second kappa shape index (κ2) is 10.7. The average Bonchev–Trinajstić information content (AvgIpc) is 2.76. The van der Waals surface area contributed by atoms with E-state index in [-0.39, 0.29) is 48.0 Å². The minimum absolute atomic E-state index is 0.0740. The number of carbonyl (C=O) groups is 3. The van der Waals surface area contributed by atoms with Crippen molar-refractivity contribution in [2.45, 2.75) is 50.6 Å². The smallest absolute Gasteiger partial charge is 0.303 e. The molecule has 3 rings (SSSR count). The van der Waals surface area contributed by atoms with E-state index >= 15 is 0 Å². The van der Waals surface area contributed by atoms with Crippen LogP contribution in [0.15, 0.2) is 36.5 Å². The molecule has 1 aliphatic carbocycles. The van der Waals surface area contributed by atoms with E-state index in [2.05, 4.69) is 15.6 Å². The summed E-state index contributed by atoms with van der Waals surface area (Å²) in [6, 6.07) is 5.88. The summed E-state index contributed by atoms with van der Waals surface area (Å²) in [6.45, 7) is 0. The van der Waals surface area contributed by atoms with E-state index in [9.17, 15) is 23.2 Å². The van der Waals surface area contributed by atoms with Gasteiger partial charge >= 0.3 is 5.97 Å². The Morgan fingerprint density at radius 3 is 2.22 bits per heavy atom. The Morgan fingerprint density at radius 2 is 1.59 bits per heavy atom. The highest BCUT2D eigenvalue weighted by Gasteiger charge is 2.25. The van der Waals surface area contributed by atoms with Crippen LogP contribution in [0.1, 0.15) is 48.9 Å². The maximum atomic E-state index is 13.7. The number of halogens is 2. The Bertz CT molecular complexity index is 976. The van der Waals surface area contributed by atoms with E-state index in [1.165, 1.54) is 24.3 Å². The molecule has 0 spiro atoms. The van der Waals surface area contributed by atoms with Crippen LogP contribution in [0.4, 0.5) is 8.78 Å². The molecule has 0 aliphatic heterocycles. The van der Waals surface area contributed by atoms with E-state index in [1.807, 2.05) is 0 Å². The number of rotatable bonds is 8. The molecule has 1 saturated carbocycles. The topological polar surface area (TPSA) is 118 Å². The number of carboxylic acids is 1. The minimum Gasteiger partial charge on any atom is -0.481 e. The third kappa shape index (κ3) is 6.73. The van der Waals surface area contributed by atoms with Gasteiger partial charge in [0.05, 0.1) is 12.6 Å². The van der Waals surface area contributed by atoms with Crippen molar-refractivity contribution in [1.29, 1.82) is 0 Å². The van der Waals surface area contributed by atoms with Gasteiger partial charge in [-0.1, -0.05) is 0 Å². The third-order valence-electron chi connectivity index (χ3n) is 5.08. The molecule has 10 heteroatoms. The van der Waals surface area contributed by atoms with Gasteiger partial charge < -0.3 is 20.5 Å². The molecule has 0 atom stereocenters. The number of carbonyl (C=O) groups excluding carboxylic acids is 2. The quantitative estimate of drug-likeness (QED) is 0.572. The number of nitrogens with one attached hydrogen (secondary N) is 2. The first-order chi connectivity index (χ1) is 15.3. The van der Waals surface area contributed by atoms with Gasteiger partial charge in [-0.2, -0.15) is 0 Å². The minimum atomic E-state index is -1.03. The zero-order valence-electron chi connectivity index (χ0n) is 17.1. The lowest BCUT2D eigenvalue weighted by atomic mass is 9.91. The Balaban J connectivity index is 1.56. The summed E-state index contributed by atoms with van der Waals surface area (Å²) in [7, 11) is 0. The second-order valence-corrected chi connectivity index (χ2v) is 7.55. The number of carboxylic acid groups (broad SMARTS) is 1. The van der Waals surface area contributed by atoms with E-state index in [0.29, 0.717) is 25.7 Å². The van der Waals surface area contributed by atoms with Gasteiger partial charge in [-0.25, -0.2) is 13.8 Å². The molecule has 0 bridgehead atoms. The molecule has 3 N–H and O–H groups in total. The van der Waals surface area contributed by atoms with Crippen LogP contribution in [0.25, 0.3) is 0 Å². The average molecular weight is 447 g/mol. The van der Waals surface area contributed by atoms with Crippen molar-refractivity contribution in [2.75, 3.05) is 0 Å². The van der Waals surface area contributed by atoms with Gasteiger partial charge in [0.15, 0.2) is 0 Å². The molecule has 1 aromatic carbocycles. The summed E-state index contributed by atoms with van der Waals surface area (Å²) in [5, 5.41) is 14.3. The molecular weight excluding hydrogens is 424 g/mol. The van der Waals surface area contributed by atoms with Crippen molar-refractivity contribution >= 4 is 17.8 Å². The number of nitrogens with zero attached hydrogens (tertiary/aromatic N) is 1. The molecule has 170 valence electrons. The van der Waals surface area contributed by atoms with Gasteiger partial charge in [-0.3, -0.25) is 14.4 Å². The van der Waals surface area contributed by atoms with Crippen molar-refractivity contribution in [3.05, 3.63) is 53.7 Å². The van der Waals surface area contributed by atoms with Gasteiger partial charge in [0.1, 0.15) is 22.9 Å². The molecule has 1 aliphatic rings. The lowest BCUT2D eigenvalue weighted by molar-refractivity contribution is -0.139. The Morgan fingerprint density at radius 1 is 0.969 bits per heavy atom. The van der Waals surface area contributed by atoms with Gasteiger partial charge in [-0.15, -0.1) is 0 Å². The summed E-state index contributed by atoms with van der Waals surface area (Å²) in [5.41, 5.74) is -0.0848. The highest BCUT2D eigenvalue weighted by molar-refractivity contribution is 5.96. The van der Waals surface area contributed by atoms with Crippen molar-refractivity contribution in [2.24, 2.45) is 0 Å². The van der Waals surface area contributed by atoms with Gasteiger partial charge in [0.2, 0.25) is 11.8 Å². The van der Waals surface area contributed by atoms with Gasteiger partial charge in [-0.05, 0) is 56.0 Å². The summed E-state index contributed by atoms with van der Waals surface area (Å²) in [6.07, 6.45) is 3.04. The fraction of sp³-hybridized carbons (Fsp3) is 0.364. The molecule has 1 heterocycles. The SMILES string of the molecule is O=C(O)CCC(=O)NC1CCC(NC(=O)c2cc(F)cnc2Oc2ccc(F)cc2)CC1. The number of amides is 2. The molecule has 1 fully saturated rings. The number of aromatic nitrogens is 1. The van der Waals surface area contributed by atoms with Gasteiger partial charge in [0, 0.05) is 18.5 Å². The molecule has 0 saturated heterocycles. The maximum absolute atomic E-state index is 13.7. The summed E-state index contributed by atoms with van der Waals surface area (Å²) < 4.78 is 32.4. The standard InChI is InChI=1S/C22H23F2N3O5/c23-13-1-7-17(8-2-13)32-22-18(11-14(24)12-25-22)21(31)27-16-5-3-15(4-6-16)26-19(28)9-10-20(29)30/h1-2,7-8,11-12,15-16H,3-6,9-10H2,(H,26,28)(H,27,31)(H,29,30). The second-order valence-electron chi connectivity index (χ2n) is 7.55. The van der Waals surface area contributed by atoms with E-state index in [4.69, 9.17) is 9.84 Å². The van der Waals surface area contributed by atoms with Gasteiger partial charge in [0.25, 0.3) is 5.91 Å². The number of hydrogen-bond donors (Lipinski definition) is 3. The normalized spacial score (nSPS) is 17.9. The Kier molecular flexibility index (Phi) is 7.69. The van der Waals surface area contributed by atoms with E-state index in [1.54, 1.807) is 0 Å². The van der Waals surface area contributed by atoms with Crippen molar-refractivity contribution < 1.29 is 33.0 Å². The van der Waals surface area contributed by atoms with Crippen LogP contribution in [0.2, 0.25) is 0 Å². The maximum Gasteiger partial charge on any atom is 0.303 e. The first kappa shape index (κ1) is 23.1. The van der Waals surface area contributed by atoms with Crippen LogP contribution < -0.4 is 15.4 Å². The third-order valence-corrected chi connectivity index (χ3v) is 5.08. The first-order valence-corrected chi connectivity index (χ1v) is 10.2. The number of benzene rings is 1. The van der Waals surface area contributed by atoms with Crippen LogP contribution >= 0.6 is 0 Å². The van der Waals surface area contributed by atoms with E-state index < -0.39 is 23.5 Å². The largest absolute Gasteiger partial charge is 0.481 e. The zero-order valence-corrected chi connectivity index (χ0v) is 17.1. The summed E-state index contributed by atoms with van der Waals surface area (Å²) in [4.78, 5) is 38.9. The van der Waals surface area contributed by atoms with Crippen LogP contribution in [-0.4, -0.2) is 40.0 Å². The van der Waals surface area contributed by atoms with Crippen molar-refractivity contribution in [3.63, 3.8) is 0 Å². The monoisotopic (exact) mass is 447 g/mol. The molecule has 0 unspecified atom stereocenters. The number of hydrogen-bond acceptors (Lipinski definition) is 5. The molecular formula is C22H23F2N3O5. The fourth-order valence-corrected chi connectivity index (χ4v) is 3.45.